The summed E-state index contributed by atoms with van der Waals surface area (Å²) < 4.78 is 5.02. The molecular weight excluding hydrogens is 176 g/mol. The number of nitrogens with zero attached hydrogens (tertiary/aromatic N) is 1. The lowest BCUT2D eigenvalue weighted by atomic mass is 9.65. The van der Waals surface area contributed by atoms with Gasteiger partial charge in [0, 0.05) is 24.2 Å². The molecule has 1 fully saturated rings. The summed E-state index contributed by atoms with van der Waals surface area (Å²) in [5.74, 6) is 0.667. The lowest BCUT2D eigenvalue weighted by Gasteiger charge is -2.41. The van der Waals surface area contributed by atoms with Crippen LogP contribution in [0.3, 0.4) is 0 Å². The van der Waals surface area contributed by atoms with Crippen molar-refractivity contribution in [2.45, 2.75) is 24.7 Å². The van der Waals surface area contributed by atoms with Crippen LogP contribution >= 0.6 is 0 Å². The second kappa shape index (κ2) is 3.58. The molecular formula is C11H16N2O. The number of ether oxygens (including phenoxy) is 1. The SMILES string of the molecule is COc1ccc(C2(CN)CCC2)cn1. The fourth-order valence-corrected chi connectivity index (χ4v) is 2.03. The summed E-state index contributed by atoms with van der Waals surface area (Å²) in [6.07, 6.45) is 5.56. The van der Waals surface area contributed by atoms with Gasteiger partial charge in [-0.25, -0.2) is 4.98 Å². The third kappa shape index (κ3) is 1.38. The molecule has 0 atom stereocenters. The van der Waals surface area contributed by atoms with Crippen molar-refractivity contribution in [3.05, 3.63) is 23.9 Å². The summed E-state index contributed by atoms with van der Waals surface area (Å²) in [6, 6.07) is 3.99. The van der Waals surface area contributed by atoms with Crippen molar-refractivity contribution in [2.75, 3.05) is 13.7 Å². The average Bonchev–Trinajstić information content (AvgIpc) is 2.18. The summed E-state index contributed by atoms with van der Waals surface area (Å²) in [5.41, 5.74) is 7.28. The highest BCUT2D eigenvalue weighted by atomic mass is 16.5. The zero-order chi connectivity index (χ0) is 10.0. The van der Waals surface area contributed by atoms with E-state index in [-0.39, 0.29) is 5.41 Å². The highest BCUT2D eigenvalue weighted by Crippen LogP contribution is 2.42. The van der Waals surface area contributed by atoms with E-state index < -0.39 is 0 Å². The van der Waals surface area contributed by atoms with Crippen molar-refractivity contribution < 1.29 is 4.74 Å². The second-order valence-corrected chi connectivity index (χ2v) is 3.93. The molecule has 1 aromatic heterocycles. The normalized spacial score (nSPS) is 18.7. The van der Waals surface area contributed by atoms with Crippen LogP contribution < -0.4 is 10.5 Å². The molecule has 3 heteroatoms. The molecule has 1 aliphatic carbocycles. The standard InChI is InChI=1S/C11H16N2O/c1-14-10-4-3-9(7-13-10)11(8-12)5-2-6-11/h3-4,7H,2,5-6,8,12H2,1H3. The van der Waals surface area contributed by atoms with Crippen molar-refractivity contribution >= 4 is 0 Å². The molecule has 2 N–H and O–H groups in total. The Labute approximate surface area is 84.3 Å². The number of nitrogens with two attached hydrogens (primary N) is 1. The van der Waals surface area contributed by atoms with Gasteiger partial charge in [0.15, 0.2) is 0 Å². The van der Waals surface area contributed by atoms with Gasteiger partial charge in [0.1, 0.15) is 0 Å². The first kappa shape index (κ1) is 9.46. The number of pyridine rings is 1. The first-order valence-corrected chi connectivity index (χ1v) is 5.01. The van der Waals surface area contributed by atoms with Gasteiger partial charge < -0.3 is 10.5 Å². The van der Waals surface area contributed by atoms with Gasteiger partial charge in [0.25, 0.3) is 0 Å². The predicted octanol–water partition coefficient (Wildman–Crippen LogP) is 1.47. The highest BCUT2D eigenvalue weighted by Gasteiger charge is 2.37. The summed E-state index contributed by atoms with van der Waals surface area (Å²) >= 11 is 0. The molecule has 1 saturated carbocycles. The Morgan fingerprint density at radius 2 is 2.29 bits per heavy atom. The molecule has 14 heavy (non-hydrogen) atoms. The Balaban J connectivity index is 2.23. The molecule has 0 aliphatic heterocycles. The molecule has 0 unspecified atom stereocenters. The van der Waals surface area contributed by atoms with E-state index in [1.54, 1.807) is 7.11 Å². The molecule has 1 heterocycles. The molecule has 3 nitrogen and oxygen atoms in total. The van der Waals surface area contributed by atoms with Crippen LogP contribution in [0.15, 0.2) is 18.3 Å². The van der Waals surface area contributed by atoms with Gasteiger partial charge in [0.2, 0.25) is 5.88 Å². The average molecular weight is 192 g/mol. The van der Waals surface area contributed by atoms with Crippen LogP contribution in [0, 0.1) is 0 Å². The van der Waals surface area contributed by atoms with Crippen LogP contribution in [0.4, 0.5) is 0 Å². The van der Waals surface area contributed by atoms with E-state index in [9.17, 15) is 0 Å². The zero-order valence-corrected chi connectivity index (χ0v) is 8.49. The molecule has 0 amide bonds. The number of hydrogen-bond donors (Lipinski definition) is 1. The Morgan fingerprint density at radius 1 is 1.50 bits per heavy atom. The van der Waals surface area contributed by atoms with Crippen LogP contribution in [-0.2, 0) is 5.41 Å². The number of methoxy groups -OCH3 is 1. The minimum absolute atomic E-state index is 0.208. The van der Waals surface area contributed by atoms with E-state index in [0.717, 1.165) is 6.54 Å². The maximum absolute atomic E-state index is 5.81. The van der Waals surface area contributed by atoms with E-state index in [2.05, 4.69) is 11.1 Å². The van der Waals surface area contributed by atoms with E-state index >= 15 is 0 Å². The Hall–Kier alpha value is -1.09. The van der Waals surface area contributed by atoms with Gasteiger partial charge >= 0.3 is 0 Å². The van der Waals surface area contributed by atoms with Crippen LogP contribution in [0.2, 0.25) is 0 Å². The van der Waals surface area contributed by atoms with Crippen LogP contribution in [0.25, 0.3) is 0 Å². The van der Waals surface area contributed by atoms with E-state index in [4.69, 9.17) is 10.5 Å². The smallest absolute Gasteiger partial charge is 0.212 e. The molecule has 1 aromatic rings. The van der Waals surface area contributed by atoms with Crippen molar-refractivity contribution in [3.8, 4) is 5.88 Å². The number of aromatic nitrogens is 1. The third-order valence-corrected chi connectivity index (χ3v) is 3.26. The molecule has 76 valence electrons. The lowest BCUT2D eigenvalue weighted by Crippen LogP contribution is -2.41. The van der Waals surface area contributed by atoms with Crippen molar-refractivity contribution in [1.82, 2.24) is 4.98 Å². The largest absolute Gasteiger partial charge is 0.481 e. The van der Waals surface area contributed by atoms with E-state index in [1.807, 2.05) is 12.3 Å². The first-order valence-electron chi connectivity index (χ1n) is 5.01. The topological polar surface area (TPSA) is 48.1 Å². The van der Waals surface area contributed by atoms with Gasteiger partial charge in [-0.2, -0.15) is 0 Å². The van der Waals surface area contributed by atoms with Crippen molar-refractivity contribution in [1.29, 1.82) is 0 Å². The Morgan fingerprint density at radius 3 is 2.64 bits per heavy atom. The lowest BCUT2D eigenvalue weighted by molar-refractivity contribution is 0.252. The first-order chi connectivity index (χ1) is 6.80. The molecule has 0 radical (unpaired) electrons. The number of rotatable bonds is 3. The summed E-state index contributed by atoms with van der Waals surface area (Å²) in [6.45, 7) is 0.723. The fourth-order valence-electron chi connectivity index (χ4n) is 2.03. The highest BCUT2D eigenvalue weighted by molar-refractivity contribution is 5.28. The van der Waals surface area contributed by atoms with Gasteiger partial charge in [-0.15, -0.1) is 0 Å². The molecule has 2 rings (SSSR count). The zero-order valence-electron chi connectivity index (χ0n) is 8.49. The third-order valence-electron chi connectivity index (χ3n) is 3.26. The van der Waals surface area contributed by atoms with Crippen molar-refractivity contribution in [3.63, 3.8) is 0 Å². The van der Waals surface area contributed by atoms with Gasteiger partial charge in [-0.05, 0) is 18.4 Å². The van der Waals surface area contributed by atoms with Gasteiger partial charge in [0.05, 0.1) is 7.11 Å². The molecule has 0 aromatic carbocycles. The second-order valence-electron chi connectivity index (χ2n) is 3.93. The monoisotopic (exact) mass is 192 g/mol. The molecule has 0 bridgehead atoms. The molecule has 0 spiro atoms. The summed E-state index contributed by atoms with van der Waals surface area (Å²) in [7, 11) is 1.63. The van der Waals surface area contributed by atoms with E-state index in [1.165, 1.54) is 24.8 Å². The fraction of sp³-hybridized carbons (Fsp3) is 0.545. The summed E-state index contributed by atoms with van der Waals surface area (Å²) in [4.78, 5) is 4.22. The predicted molar refractivity (Wildman–Crippen MR) is 55.4 cm³/mol. The maximum Gasteiger partial charge on any atom is 0.212 e. The minimum atomic E-state index is 0.208. The summed E-state index contributed by atoms with van der Waals surface area (Å²) in [5, 5.41) is 0. The number of hydrogen-bond acceptors (Lipinski definition) is 3. The van der Waals surface area contributed by atoms with Gasteiger partial charge in [-0.1, -0.05) is 12.5 Å². The molecule has 1 aliphatic rings. The van der Waals surface area contributed by atoms with E-state index in [0.29, 0.717) is 5.88 Å². The van der Waals surface area contributed by atoms with Crippen LogP contribution in [-0.4, -0.2) is 18.6 Å². The van der Waals surface area contributed by atoms with Crippen molar-refractivity contribution in [2.24, 2.45) is 5.73 Å². The maximum atomic E-state index is 5.81. The quantitative estimate of drug-likeness (QED) is 0.789. The minimum Gasteiger partial charge on any atom is -0.481 e. The Bertz CT molecular complexity index is 298. The van der Waals surface area contributed by atoms with Crippen LogP contribution in [0.1, 0.15) is 24.8 Å². The van der Waals surface area contributed by atoms with Crippen LogP contribution in [0.5, 0.6) is 5.88 Å². The van der Waals surface area contributed by atoms with Gasteiger partial charge in [-0.3, -0.25) is 0 Å². The molecule has 0 saturated heterocycles. The Kier molecular flexibility index (Phi) is 2.42.